The van der Waals surface area contributed by atoms with Gasteiger partial charge in [-0.05, 0) is 19.8 Å². The van der Waals surface area contributed by atoms with E-state index in [0.29, 0.717) is 18.5 Å². The zero-order valence-corrected chi connectivity index (χ0v) is 14.5. The Morgan fingerprint density at radius 2 is 1.71 bits per heavy atom. The van der Waals surface area contributed by atoms with E-state index in [1.165, 1.54) is 0 Å². The van der Waals surface area contributed by atoms with Crippen molar-refractivity contribution in [1.29, 1.82) is 0 Å². The number of ketones is 2. The highest BCUT2D eigenvalue weighted by atomic mass is 16.5. The molecule has 2 fully saturated rings. The van der Waals surface area contributed by atoms with Gasteiger partial charge in [-0.1, -0.05) is 29.8 Å². The SMILES string of the molecule is COC1CC2NCC(C(=O)c3ccc(C)cc3)C(=O)C2CC1OC. The van der Waals surface area contributed by atoms with Crippen LogP contribution in [-0.4, -0.2) is 50.6 Å². The van der Waals surface area contributed by atoms with Crippen molar-refractivity contribution in [1.82, 2.24) is 5.32 Å². The highest BCUT2D eigenvalue weighted by Crippen LogP contribution is 2.34. The number of aryl methyl sites for hydroxylation is 1. The number of fused-ring (bicyclic) bond motifs is 1. The minimum atomic E-state index is -0.606. The highest BCUT2D eigenvalue weighted by molar-refractivity contribution is 6.12. The third-order valence-electron chi connectivity index (χ3n) is 5.42. The summed E-state index contributed by atoms with van der Waals surface area (Å²) in [5.74, 6) is -0.838. The molecule has 1 saturated heterocycles. The first kappa shape index (κ1) is 17.3. The molecule has 0 aromatic heterocycles. The largest absolute Gasteiger partial charge is 0.379 e. The standard InChI is InChI=1S/C19H25NO4/c1-11-4-6-12(7-5-11)18(21)14-10-20-15-9-17(24-3)16(23-2)8-13(15)19(14)22/h4-7,13-17,20H,8-10H2,1-3H3. The summed E-state index contributed by atoms with van der Waals surface area (Å²) < 4.78 is 11.0. The lowest BCUT2D eigenvalue weighted by molar-refractivity contribution is -0.137. The monoisotopic (exact) mass is 331 g/mol. The van der Waals surface area contributed by atoms with Crippen molar-refractivity contribution >= 4 is 11.6 Å². The summed E-state index contributed by atoms with van der Waals surface area (Å²) in [6.07, 6.45) is 1.22. The Morgan fingerprint density at radius 1 is 1.08 bits per heavy atom. The van der Waals surface area contributed by atoms with Crippen molar-refractivity contribution < 1.29 is 19.1 Å². The van der Waals surface area contributed by atoms with Gasteiger partial charge in [0.2, 0.25) is 0 Å². The number of carbonyl (C=O) groups excluding carboxylic acids is 2. The molecular weight excluding hydrogens is 306 g/mol. The molecule has 1 heterocycles. The summed E-state index contributed by atoms with van der Waals surface area (Å²) in [5.41, 5.74) is 1.70. The number of hydrogen-bond acceptors (Lipinski definition) is 5. The molecule has 1 saturated carbocycles. The Morgan fingerprint density at radius 3 is 2.33 bits per heavy atom. The van der Waals surface area contributed by atoms with Crippen LogP contribution < -0.4 is 5.32 Å². The molecule has 5 unspecified atom stereocenters. The molecular formula is C19H25NO4. The average Bonchev–Trinajstić information content (AvgIpc) is 2.61. The number of piperidine rings is 1. The second kappa shape index (κ2) is 7.13. The van der Waals surface area contributed by atoms with E-state index in [0.717, 1.165) is 12.0 Å². The second-order valence-corrected chi connectivity index (χ2v) is 6.83. The van der Waals surface area contributed by atoms with Crippen LogP contribution in [0.4, 0.5) is 0 Å². The van der Waals surface area contributed by atoms with E-state index >= 15 is 0 Å². The van der Waals surface area contributed by atoms with Crippen molar-refractivity contribution in [3.8, 4) is 0 Å². The second-order valence-electron chi connectivity index (χ2n) is 6.83. The van der Waals surface area contributed by atoms with Crippen molar-refractivity contribution in [2.75, 3.05) is 20.8 Å². The van der Waals surface area contributed by atoms with E-state index in [-0.39, 0.29) is 35.7 Å². The molecule has 24 heavy (non-hydrogen) atoms. The zero-order valence-electron chi connectivity index (χ0n) is 14.5. The van der Waals surface area contributed by atoms with E-state index in [9.17, 15) is 9.59 Å². The van der Waals surface area contributed by atoms with Gasteiger partial charge in [-0.3, -0.25) is 9.59 Å². The van der Waals surface area contributed by atoms with Gasteiger partial charge >= 0.3 is 0 Å². The Kier molecular flexibility index (Phi) is 5.13. The number of rotatable bonds is 4. The lowest BCUT2D eigenvalue weighted by Crippen LogP contribution is -2.59. The Balaban J connectivity index is 1.76. The Labute approximate surface area is 142 Å². The van der Waals surface area contributed by atoms with Gasteiger partial charge in [0.15, 0.2) is 5.78 Å². The molecule has 0 amide bonds. The predicted molar refractivity (Wildman–Crippen MR) is 90.1 cm³/mol. The quantitative estimate of drug-likeness (QED) is 0.673. The van der Waals surface area contributed by atoms with Gasteiger partial charge in [-0.2, -0.15) is 0 Å². The van der Waals surface area contributed by atoms with Crippen molar-refractivity contribution in [2.24, 2.45) is 11.8 Å². The Bertz CT molecular complexity index is 612. The topological polar surface area (TPSA) is 64.6 Å². The fourth-order valence-corrected chi connectivity index (χ4v) is 3.94. The third-order valence-corrected chi connectivity index (χ3v) is 5.42. The summed E-state index contributed by atoms with van der Waals surface area (Å²) in [4.78, 5) is 25.7. The van der Waals surface area contributed by atoms with E-state index in [2.05, 4.69) is 5.32 Å². The third kappa shape index (κ3) is 3.16. The van der Waals surface area contributed by atoms with Crippen LogP contribution in [0, 0.1) is 18.8 Å². The predicted octanol–water partition coefficient (Wildman–Crippen LogP) is 1.77. The molecule has 1 N–H and O–H groups in total. The van der Waals surface area contributed by atoms with Crippen LogP contribution in [-0.2, 0) is 14.3 Å². The van der Waals surface area contributed by atoms with E-state index in [4.69, 9.17) is 9.47 Å². The van der Waals surface area contributed by atoms with Crippen LogP contribution in [0.2, 0.25) is 0 Å². The Hall–Kier alpha value is -1.56. The van der Waals surface area contributed by atoms with Gasteiger partial charge in [0.25, 0.3) is 0 Å². The number of methoxy groups -OCH3 is 2. The average molecular weight is 331 g/mol. The van der Waals surface area contributed by atoms with Crippen LogP contribution >= 0.6 is 0 Å². The van der Waals surface area contributed by atoms with Crippen molar-refractivity contribution in [2.45, 2.75) is 38.0 Å². The molecule has 1 aliphatic carbocycles. The molecule has 1 aromatic carbocycles. The lowest BCUT2D eigenvalue weighted by atomic mass is 9.71. The smallest absolute Gasteiger partial charge is 0.174 e. The number of ether oxygens (including phenoxy) is 2. The maximum Gasteiger partial charge on any atom is 0.174 e. The molecule has 0 spiro atoms. The summed E-state index contributed by atoms with van der Waals surface area (Å²) >= 11 is 0. The molecule has 0 radical (unpaired) electrons. The van der Waals surface area contributed by atoms with Gasteiger partial charge in [0.1, 0.15) is 5.78 Å². The van der Waals surface area contributed by atoms with E-state index < -0.39 is 5.92 Å². The van der Waals surface area contributed by atoms with Crippen molar-refractivity contribution in [3.05, 3.63) is 35.4 Å². The van der Waals surface area contributed by atoms with Gasteiger partial charge in [0.05, 0.1) is 18.1 Å². The number of benzene rings is 1. The van der Waals surface area contributed by atoms with Crippen LogP contribution in [0.1, 0.15) is 28.8 Å². The molecule has 5 nitrogen and oxygen atoms in total. The minimum absolute atomic E-state index is 0.0131. The first-order chi connectivity index (χ1) is 11.5. The summed E-state index contributed by atoms with van der Waals surface area (Å²) in [6, 6.07) is 7.48. The number of Topliss-reactive ketones (excluding diaryl/α,β-unsaturated/α-hetero) is 2. The number of hydrogen-bond donors (Lipinski definition) is 1. The van der Waals surface area contributed by atoms with Crippen LogP contribution in [0.15, 0.2) is 24.3 Å². The van der Waals surface area contributed by atoms with E-state index in [1.807, 2.05) is 19.1 Å². The summed E-state index contributed by atoms with van der Waals surface area (Å²) in [5, 5.41) is 3.40. The van der Waals surface area contributed by atoms with E-state index in [1.54, 1.807) is 26.4 Å². The van der Waals surface area contributed by atoms with Gasteiger partial charge < -0.3 is 14.8 Å². The zero-order chi connectivity index (χ0) is 17.3. The minimum Gasteiger partial charge on any atom is -0.379 e. The molecule has 3 rings (SSSR count). The fraction of sp³-hybridized carbons (Fsp3) is 0.579. The number of carbonyl (C=O) groups is 2. The lowest BCUT2D eigenvalue weighted by Gasteiger charge is -2.43. The highest BCUT2D eigenvalue weighted by Gasteiger charge is 2.47. The molecule has 1 aliphatic heterocycles. The van der Waals surface area contributed by atoms with Gasteiger partial charge in [0, 0.05) is 38.3 Å². The molecule has 130 valence electrons. The van der Waals surface area contributed by atoms with Crippen LogP contribution in [0.3, 0.4) is 0 Å². The van der Waals surface area contributed by atoms with Crippen LogP contribution in [0.25, 0.3) is 0 Å². The number of nitrogens with one attached hydrogen (secondary N) is 1. The molecule has 5 heteroatoms. The first-order valence-electron chi connectivity index (χ1n) is 8.48. The molecule has 0 bridgehead atoms. The maximum absolute atomic E-state index is 12.9. The normalized spacial score (nSPS) is 33.1. The summed E-state index contributed by atoms with van der Waals surface area (Å²) in [7, 11) is 3.32. The molecule has 5 atom stereocenters. The van der Waals surface area contributed by atoms with Gasteiger partial charge in [-0.15, -0.1) is 0 Å². The fourth-order valence-electron chi connectivity index (χ4n) is 3.94. The van der Waals surface area contributed by atoms with Gasteiger partial charge in [-0.25, -0.2) is 0 Å². The first-order valence-corrected chi connectivity index (χ1v) is 8.48. The molecule has 2 aliphatic rings. The van der Waals surface area contributed by atoms with Crippen LogP contribution in [0.5, 0.6) is 0 Å². The maximum atomic E-state index is 12.9. The molecule has 1 aromatic rings. The summed E-state index contributed by atoms with van der Waals surface area (Å²) in [6.45, 7) is 2.38. The van der Waals surface area contributed by atoms with Crippen molar-refractivity contribution in [3.63, 3.8) is 0 Å².